The molecule has 0 bridgehead atoms. The smallest absolute Gasteiger partial charge is 0.413 e. The lowest BCUT2D eigenvalue weighted by Gasteiger charge is -2.17. The van der Waals surface area contributed by atoms with E-state index in [-0.39, 0.29) is 6.61 Å². The zero-order chi connectivity index (χ0) is 16.5. The predicted octanol–water partition coefficient (Wildman–Crippen LogP) is 2.31. The van der Waals surface area contributed by atoms with Gasteiger partial charge in [-0.15, -0.1) is 0 Å². The summed E-state index contributed by atoms with van der Waals surface area (Å²) in [7, 11) is 3.54. The highest BCUT2D eigenvalue weighted by atomic mass is 16.5. The molecule has 2 rings (SSSR count). The summed E-state index contributed by atoms with van der Waals surface area (Å²) in [5, 5.41) is 2.54. The topological polar surface area (TPSA) is 76.6 Å². The van der Waals surface area contributed by atoms with Gasteiger partial charge in [0, 0.05) is 20.7 Å². The Morgan fingerprint density at radius 3 is 2.65 bits per heavy atom. The molecule has 1 aromatic carbocycles. The van der Waals surface area contributed by atoms with E-state index in [1.807, 2.05) is 42.3 Å². The lowest BCUT2D eigenvalue weighted by Crippen LogP contribution is -2.23. The summed E-state index contributed by atoms with van der Waals surface area (Å²) in [5.41, 5.74) is 0.920. The van der Waals surface area contributed by atoms with Crippen LogP contribution in [0.2, 0.25) is 0 Å². The van der Waals surface area contributed by atoms with Gasteiger partial charge in [-0.2, -0.15) is 0 Å². The summed E-state index contributed by atoms with van der Waals surface area (Å²) in [5.74, 6) is 1.04. The largest absolute Gasteiger partial charge is 0.444 e. The van der Waals surface area contributed by atoms with Crippen LogP contribution in [0.1, 0.15) is 5.56 Å². The van der Waals surface area contributed by atoms with Crippen molar-refractivity contribution >= 4 is 17.7 Å². The zero-order valence-electron chi connectivity index (χ0n) is 13.2. The Hall–Kier alpha value is -2.67. The molecule has 1 aromatic heterocycles. The first-order valence-electron chi connectivity index (χ1n) is 7.19. The van der Waals surface area contributed by atoms with Crippen LogP contribution in [-0.4, -0.2) is 43.4 Å². The number of rotatable bonds is 7. The van der Waals surface area contributed by atoms with E-state index in [2.05, 4.69) is 15.3 Å². The molecule has 0 saturated carbocycles. The molecular weight excluding hydrogens is 296 g/mol. The number of benzene rings is 1. The van der Waals surface area contributed by atoms with E-state index < -0.39 is 6.09 Å². The van der Waals surface area contributed by atoms with Gasteiger partial charge in [-0.25, -0.2) is 14.8 Å². The second-order valence-electron chi connectivity index (χ2n) is 4.86. The lowest BCUT2D eigenvalue weighted by molar-refractivity contribution is 0.155. The summed E-state index contributed by atoms with van der Waals surface area (Å²) in [4.78, 5) is 22.0. The van der Waals surface area contributed by atoms with Crippen LogP contribution in [0.15, 0.2) is 42.7 Å². The van der Waals surface area contributed by atoms with Gasteiger partial charge in [-0.05, 0) is 5.56 Å². The maximum Gasteiger partial charge on any atom is 0.413 e. The van der Waals surface area contributed by atoms with Gasteiger partial charge in [0.1, 0.15) is 12.4 Å². The third kappa shape index (κ3) is 5.55. The van der Waals surface area contributed by atoms with Crippen LogP contribution >= 0.6 is 0 Å². The number of likely N-dealkylation sites (N-methyl/N-ethyl adjacent to an activating group) is 1. The number of carbonyl (C=O) groups is 1. The summed E-state index contributed by atoms with van der Waals surface area (Å²) in [6, 6.07) is 9.46. The number of nitrogens with zero attached hydrogens (tertiary/aromatic N) is 3. The van der Waals surface area contributed by atoms with Gasteiger partial charge in [0.2, 0.25) is 0 Å². The monoisotopic (exact) mass is 316 g/mol. The standard InChI is InChI=1S/C16H20N4O3/c1-20(8-9-22-2)15-11-17-14(10-18-15)19-16(21)23-12-13-6-4-3-5-7-13/h3-7,10-11H,8-9,12H2,1-2H3,(H,17,19,21). The van der Waals surface area contributed by atoms with Crippen LogP contribution in [-0.2, 0) is 16.1 Å². The number of ether oxygens (including phenoxy) is 2. The number of nitrogens with one attached hydrogen (secondary N) is 1. The van der Waals surface area contributed by atoms with Crippen molar-refractivity contribution in [3.63, 3.8) is 0 Å². The van der Waals surface area contributed by atoms with E-state index in [4.69, 9.17) is 9.47 Å². The van der Waals surface area contributed by atoms with Crippen LogP contribution in [0.3, 0.4) is 0 Å². The van der Waals surface area contributed by atoms with Crippen LogP contribution in [0.4, 0.5) is 16.4 Å². The Morgan fingerprint density at radius 2 is 2.00 bits per heavy atom. The normalized spacial score (nSPS) is 10.2. The first kappa shape index (κ1) is 16.7. The number of anilines is 2. The quantitative estimate of drug-likeness (QED) is 0.844. The van der Waals surface area contributed by atoms with Crippen LogP contribution in [0.25, 0.3) is 0 Å². The average Bonchev–Trinajstić information content (AvgIpc) is 2.59. The van der Waals surface area contributed by atoms with E-state index in [1.54, 1.807) is 13.3 Å². The maximum absolute atomic E-state index is 11.7. The molecular formula is C16H20N4O3. The molecule has 0 spiro atoms. The number of amides is 1. The predicted molar refractivity (Wildman–Crippen MR) is 87.4 cm³/mol. The first-order chi connectivity index (χ1) is 11.2. The second kappa shape index (κ2) is 8.70. The van der Waals surface area contributed by atoms with Gasteiger partial charge in [0.25, 0.3) is 0 Å². The van der Waals surface area contributed by atoms with Crippen LogP contribution in [0, 0.1) is 0 Å². The molecule has 0 unspecified atom stereocenters. The van der Waals surface area contributed by atoms with Crippen molar-refractivity contribution in [1.29, 1.82) is 0 Å². The molecule has 122 valence electrons. The van der Waals surface area contributed by atoms with Gasteiger partial charge >= 0.3 is 6.09 Å². The minimum atomic E-state index is -0.566. The molecule has 0 radical (unpaired) electrons. The molecule has 1 heterocycles. The molecule has 1 amide bonds. The second-order valence-corrected chi connectivity index (χ2v) is 4.86. The third-order valence-corrected chi connectivity index (χ3v) is 3.10. The molecule has 7 heteroatoms. The molecule has 0 atom stereocenters. The fraction of sp³-hybridized carbons (Fsp3) is 0.312. The van der Waals surface area contributed by atoms with Gasteiger partial charge < -0.3 is 14.4 Å². The van der Waals surface area contributed by atoms with E-state index in [9.17, 15) is 4.79 Å². The van der Waals surface area contributed by atoms with Crippen LogP contribution in [0.5, 0.6) is 0 Å². The van der Waals surface area contributed by atoms with Crippen molar-refractivity contribution in [2.75, 3.05) is 37.5 Å². The van der Waals surface area contributed by atoms with Crippen molar-refractivity contribution in [1.82, 2.24) is 9.97 Å². The van der Waals surface area contributed by atoms with Crippen molar-refractivity contribution in [3.8, 4) is 0 Å². The Morgan fingerprint density at radius 1 is 1.22 bits per heavy atom. The molecule has 1 N–H and O–H groups in total. The van der Waals surface area contributed by atoms with E-state index in [0.717, 1.165) is 5.56 Å². The molecule has 2 aromatic rings. The number of carbonyl (C=O) groups excluding carboxylic acids is 1. The first-order valence-corrected chi connectivity index (χ1v) is 7.19. The molecule has 0 aliphatic heterocycles. The summed E-state index contributed by atoms with van der Waals surface area (Å²) in [6.45, 7) is 1.51. The van der Waals surface area contributed by atoms with Crippen molar-refractivity contribution in [2.45, 2.75) is 6.61 Å². The summed E-state index contributed by atoms with van der Waals surface area (Å²) < 4.78 is 10.1. The van der Waals surface area contributed by atoms with E-state index >= 15 is 0 Å². The van der Waals surface area contributed by atoms with Gasteiger partial charge in [0.15, 0.2) is 5.82 Å². The van der Waals surface area contributed by atoms with Crippen LogP contribution < -0.4 is 10.2 Å². The van der Waals surface area contributed by atoms with E-state index in [1.165, 1.54) is 6.20 Å². The van der Waals surface area contributed by atoms with Gasteiger partial charge in [0.05, 0.1) is 19.0 Å². The zero-order valence-corrected chi connectivity index (χ0v) is 13.2. The Labute approximate surface area is 135 Å². The molecule has 23 heavy (non-hydrogen) atoms. The summed E-state index contributed by atoms with van der Waals surface area (Å²) in [6.07, 6.45) is 2.51. The van der Waals surface area contributed by atoms with Crippen molar-refractivity contribution < 1.29 is 14.3 Å². The highest BCUT2D eigenvalue weighted by molar-refractivity contribution is 5.83. The number of aromatic nitrogens is 2. The number of methoxy groups -OCH3 is 1. The Balaban J connectivity index is 1.82. The molecule has 0 saturated heterocycles. The molecule has 0 aliphatic rings. The van der Waals surface area contributed by atoms with Gasteiger partial charge in [-0.1, -0.05) is 30.3 Å². The van der Waals surface area contributed by atoms with Gasteiger partial charge in [-0.3, -0.25) is 5.32 Å². The fourth-order valence-electron chi connectivity index (χ4n) is 1.79. The minimum absolute atomic E-state index is 0.206. The SMILES string of the molecule is COCCN(C)c1cnc(NC(=O)OCc2ccccc2)cn1. The number of hydrogen-bond acceptors (Lipinski definition) is 6. The molecule has 0 aliphatic carbocycles. The van der Waals surface area contributed by atoms with Crippen molar-refractivity contribution in [3.05, 3.63) is 48.3 Å². The minimum Gasteiger partial charge on any atom is -0.444 e. The molecule has 0 fully saturated rings. The Bertz CT molecular complexity index is 604. The number of hydrogen-bond donors (Lipinski definition) is 1. The third-order valence-electron chi connectivity index (χ3n) is 3.10. The van der Waals surface area contributed by atoms with E-state index in [0.29, 0.717) is 24.8 Å². The highest BCUT2D eigenvalue weighted by Crippen LogP contribution is 2.09. The lowest BCUT2D eigenvalue weighted by atomic mass is 10.2. The maximum atomic E-state index is 11.7. The fourth-order valence-corrected chi connectivity index (χ4v) is 1.79. The van der Waals surface area contributed by atoms with Crippen molar-refractivity contribution in [2.24, 2.45) is 0 Å². The summed E-state index contributed by atoms with van der Waals surface area (Å²) >= 11 is 0. The Kier molecular flexibility index (Phi) is 6.31. The molecule has 7 nitrogen and oxygen atoms in total. The highest BCUT2D eigenvalue weighted by Gasteiger charge is 2.07. The average molecular weight is 316 g/mol.